The smallest absolute Gasteiger partial charge is 0.221 e. The second-order valence-corrected chi connectivity index (χ2v) is 5.01. The molecule has 0 radical (unpaired) electrons. The molecule has 0 atom stereocenters. The molecule has 4 nitrogen and oxygen atoms in total. The highest BCUT2D eigenvalue weighted by Crippen LogP contribution is 2.34. The van der Waals surface area contributed by atoms with Crippen LogP contribution in [0.4, 0.5) is 11.4 Å². The summed E-state index contributed by atoms with van der Waals surface area (Å²) in [5, 5.41) is 3.53. The Labute approximate surface area is 113 Å². The topological polar surface area (TPSA) is 35.6 Å². The van der Waals surface area contributed by atoms with Crippen LogP contribution < -0.4 is 10.2 Å². The molecule has 1 aliphatic rings. The minimum Gasteiger partial charge on any atom is -0.366 e. The van der Waals surface area contributed by atoms with Crippen LogP contribution >= 0.6 is 11.6 Å². The van der Waals surface area contributed by atoms with Gasteiger partial charge in [-0.1, -0.05) is 17.7 Å². The van der Waals surface area contributed by atoms with Crippen molar-refractivity contribution in [3.05, 3.63) is 23.2 Å². The molecule has 1 aliphatic heterocycles. The van der Waals surface area contributed by atoms with Crippen molar-refractivity contribution in [2.45, 2.75) is 6.92 Å². The van der Waals surface area contributed by atoms with Crippen LogP contribution in [-0.2, 0) is 4.79 Å². The number of amides is 1. The number of nitrogens with zero attached hydrogens (tertiary/aromatic N) is 2. The summed E-state index contributed by atoms with van der Waals surface area (Å²) < 4.78 is 0. The van der Waals surface area contributed by atoms with Crippen molar-refractivity contribution in [2.75, 3.05) is 43.4 Å². The Kier molecular flexibility index (Phi) is 4.09. The van der Waals surface area contributed by atoms with Crippen molar-refractivity contribution in [1.82, 2.24) is 4.90 Å². The summed E-state index contributed by atoms with van der Waals surface area (Å²) in [7, 11) is 2.11. The Morgan fingerprint density at radius 1 is 1.28 bits per heavy atom. The molecular formula is C13H18ClN3O. The van der Waals surface area contributed by atoms with E-state index in [1.165, 1.54) is 6.92 Å². The summed E-state index contributed by atoms with van der Waals surface area (Å²) in [5.74, 6) is -0.0763. The lowest BCUT2D eigenvalue weighted by Gasteiger charge is -2.35. The van der Waals surface area contributed by atoms with Gasteiger partial charge < -0.3 is 15.1 Å². The van der Waals surface area contributed by atoms with Gasteiger partial charge in [-0.05, 0) is 19.2 Å². The summed E-state index contributed by atoms with van der Waals surface area (Å²) in [4.78, 5) is 15.7. The van der Waals surface area contributed by atoms with E-state index in [0.717, 1.165) is 37.6 Å². The van der Waals surface area contributed by atoms with Crippen molar-refractivity contribution >= 4 is 28.9 Å². The number of para-hydroxylation sites is 1. The average Bonchev–Trinajstić information content (AvgIpc) is 2.30. The number of halogens is 1. The Hall–Kier alpha value is -1.26. The first-order chi connectivity index (χ1) is 8.58. The van der Waals surface area contributed by atoms with Crippen LogP contribution in [0.1, 0.15) is 6.92 Å². The minimum atomic E-state index is -0.0763. The van der Waals surface area contributed by atoms with Crippen LogP contribution in [0.2, 0.25) is 5.02 Å². The van der Waals surface area contributed by atoms with Gasteiger partial charge in [0, 0.05) is 33.1 Å². The summed E-state index contributed by atoms with van der Waals surface area (Å²) in [5.41, 5.74) is 1.72. The van der Waals surface area contributed by atoms with Gasteiger partial charge in [0.2, 0.25) is 5.91 Å². The molecule has 0 saturated carbocycles. The largest absolute Gasteiger partial charge is 0.366 e. The number of benzene rings is 1. The zero-order valence-electron chi connectivity index (χ0n) is 10.7. The predicted molar refractivity (Wildman–Crippen MR) is 75.5 cm³/mol. The van der Waals surface area contributed by atoms with Crippen LogP contribution in [0.3, 0.4) is 0 Å². The van der Waals surface area contributed by atoms with E-state index in [2.05, 4.69) is 22.2 Å². The van der Waals surface area contributed by atoms with Gasteiger partial charge in [0.25, 0.3) is 0 Å². The van der Waals surface area contributed by atoms with E-state index in [0.29, 0.717) is 5.02 Å². The van der Waals surface area contributed by atoms with Crippen molar-refractivity contribution in [1.29, 1.82) is 0 Å². The van der Waals surface area contributed by atoms with Crippen molar-refractivity contribution in [3.63, 3.8) is 0 Å². The number of anilines is 2. The monoisotopic (exact) mass is 267 g/mol. The van der Waals surface area contributed by atoms with Gasteiger partial charge in [0.05, 0.1) is 16.4 Å². The Morgan fingerprint density at radius 3 is 2.56 bits per heavy atom. The van der Waals surface area contributed by atoms with Crippen molar-refractivity contribution in [2.24, 2.45) is 0 Å². The number of rotatable bonds is 2. The molecule has 0 spiro atoms. The highest BCUT2D eigenvalue weighted by atomic mass is 35.5. The molecule has 1 N–H and O–H groups in total. The number of piperazine rings is 1. The van der Waals surface area contributed by atoms with Crippen LogP contribution in [0.25, 0.3) is 0 Å². The summed E-state index contributed by atoms with van der Waals surface area (Å²) in [6.07, 6.45) is 0. The van der Waals surface area contributed by atoms with Crippen LogP contribution in [-0.4, -0.2) is 44.0 Å². The molecule has 1 aromatic carbocycles. The Morgan fingerprint density at radius 2 is 1.94 bits per heavy atom. The normalized spacial score (nSPS) is 16.7. The molecule has 0 aliphatic carbocycles. The van der Waals surface area contributed by atoms with Crippen LogP contribution in [0, 0.1) is 0 Å². The molecule has 5 heteroatoms. The standard InChI is InChI=1S/C13H18ClN3O/c1-10(18)15-12-5-3-4-11(14)13(12)17-8-6-16(2)7-9-17/h3-5H,6-9H2,1-2H3,(H,15,18). The summed E-state index contributed by atoms with van der Waals surface area (Å²) >= 11 is 6.28. The van der Waals surface area contributed by atoms with E-state index in [-0.39, 0.29) is 5.91 Å². The highest BCUT2D eigenvalue weighted by Gasteiger charge is 2.19. The van der Waals surface area contributed by atoms with Crippen LogP contribution in [0.15, 0.2) is 18.2 Å². The predicted octanol–water partition coefficient (Wildman–Crippen LogP) is 2.05. The van der Waals surface area contributed by atoms with E-state index in [1.54, 1.807) is 0 Å². The molecule has 0 aromatic heterocycles. The highest BCUT2D eigenvalue weighted by molar-refractivity contribution is 6.34. The second kappa shape index (κ2) is 5.59. The SMILES string of the molecule is CC(=O)Nc1cccc(Cl)c1N1CCN(C)CC1. The molecule has 1 saturated heterocycles. The lowest BCUT2D eigenvalue weighted by Crippen LogP contribution is -2.44. The number of hydrogen-bond acceptors (Lipinski definition) is 3. The summed E-state index contributed by atoms with van der Waals surface area (Å²) in [6, 6.07) is 5.61. The van der Waals surface area contributed by atoms with Gasteiger partial charge in [0.1, 0.15) is 0 Å². The first-order valence-corrected chi connectivity index (χ1v) is 6.45. The van der Waals surface area contributed by atoms with Gasteiger partial charge in [0.15, 0.2) is 0 Å². The maximum absolute atomic E-state index is 11.2. The van der Waals surface area contributed by atoms with Gasteiger partial charge in [-0.3, -0.25) is 4.79 Å². The number of hydrogen-bond donors (Lipinski definition) is 1. The summed E-state index contributed by atoms with van der Waals surface area (Å²) in [6.45, 7) is 5.36. The fraction of sp³-hybridized carbons (Fsp3) is 0.462. The van der Waals surface area contributed by atoms with Gasteiger partial charge >= 0.3 is 0 Å². The second-order valence-electron chi connectivity index (χ2n) is 4.61. The Balaban J connectivity index is 2.27. The quantitative estimate of drug-likeness (QED) is 0.891. The third-order valence-corrected chi connectivity index (χ3v) is 3.42. The molecule has 18 heavy (non-hydrogen) atoms. The van der Waals surface area contributed by atoms with E-state index < -0.39 is 0 Å². The first-order valence-electron chi connectivity index (χ1n) is 6.07. The molecule has 1 amide bonds. The molecular weight excluding hydrogens is 250 g/mol. The maximum atomic E-state index is 11.2. The molecule has 1 heterocycles. The van der Waals surface area contributed by atoms with E-state index in [1.807, 2.05) is 18.2 Å². The van der Waals surface area contributed by atoms with E-state index in [9.17, 15) is 4.79 Å². The molecule has 1 fully saturated rings. The van der Waals surface area contributed by atoms with E-state index in [4.69, 9.17) is 11.6 Å². The minimum absolute atomic E-state index is 0.0763. The third-order valence-electron chi connectivity index (χ3n) is 3.12. The number of carbonyl (C=O) groups excluding carboxylic acids is 1. The lowest BCUT2D eigenvalue weighted by atomic mass is 10.2. The fourth-order valence-electron chi connectivity index (χ4n) is 2.16. The molecule has 98 valence electrons. The zero-order valence-corrected chi connectivity index (χ0v) is 11.5. The van der Waals surface area contributed by atoms with Crippen molar-refractivity contribution < 1.29 is 4.79 Å². The third kappa shape index (κ3) is 2.94. The van der Waals surface area contributed by atoms with Gasteiger partial charge in [-0.15, -0.1) is 0 Å². The first kappa shape index (κ1) is 13.2. The number of carbonyl (C=O) groups is 1. The van der Waals surface area contributed by atoms with Crippen molar-refractivity contribution in [3.8, 4) is 0 Å². The molecule has 1 aromatic rings. The number of nitrogens with one attached hydrogen (secondary N) is 1. The number of likely N-dealkylation sites (N-methyl/N-ethyl adjacent to an activating group) is 1. The lowest BCUT2D eigenvalue weighted by molar-refractivity contribution is -0.114. The maximum Gasteiger partial charge on any atom is 0.221 e. The van der Waals surface area contributed by atoms with Gasteiger partial charge in [-0.25, -0.2) is 0 Å². The fourth-order valence-corrected chi connectivity index (χ4v) is 2.45. The molecule has 2 rings (SSSR count). The Bertz CT molecular complexity index is 442. The molecule has 0 unspecified atom stereocenters. The average molecular weight is 268 g/mol. The zero-order chi connectivity index (χ0) is 13.1. The van der Waals surface area contributed by atoms with Gasteiger partial charge in [-0.2, -0.15) is 0 Å². The van der Waals surface area contributed by atoms with E-state index >= 15 is 0 Å². The molecule has 0 bridgehead atoms. The van der Waals surface area contributed by atoms with Crippen LogP contribution in [0.5, 0.6) is 0 Å².